The number of benzene rings is 2. The first kappa shape index (κ1) is 13.1. The molecule has 2 rings (SSSR count). The Bertz CT molecular complexity index is 716. The van der Waals surface area contributed by atoms with Gasteiger partial charge in [0.1, 0.15) is 12.1 Å². The number of nitrogens with two attached hydrogens (primary N) is 2. The minimum absolute atomic E-state index is 0.250. The molecule has 0 bridgehead atoms. The largest absolute Gasteiger partial charge is 0.398 e. The molecule has 0 aliphatic carbocycles. The van der Waals surface area contributed by atoms with Crippen LogP contribution in [0.15, 0.2) is 36.4 Å². The number of carbonyl (C=O) groups is 1. The fraction of sp³-hybridized carbons (Fsp3) is 0. The van der Waals surface area contributed by atoms with Crippen molar-refractivity contribution in [3.05, 3.63) is 58.7 Å². The Kier molecular flexibility index (Phi) is 3.37. The van der Waals surface area contributed by atoms with Gasteiger partial charge in [0.15, 0.2) is 5.78 Å². The lowest BCUT2D eigenvalue weighted by molar-refractivity contribution is 0.103. The number of hydrogen-bond donors (Lipinski definition) is 2. The molecule has 2 aromatic rings. The van der Waals surface area contributed by atoms with Crippen molar-refractivity contribution < 1.29 is 4.79 Å². The smallest absolute Gasteiger partial charge is 0.193 e. The van der Waals surface area contributed by atoms with Gasteiger partial charge in [0, 0.05) is 11.1 Å². The summed E-state index contributed by atoms with van der Waals surface area (Å²) in [6.45, 7) is 0. The van der Waals surface area contributed by atoms with Crippen molar-refractivity contribution in [3.63, 3.8) is 0 Å². The fourth-order valence-corrected chi connectivity index (χ4v) is 1.78. The van der Waals surface area contributed by atoms with E-state index in [4.69, 9.17) is 22.0 Å². The first-order chi connectivity index (χ1) is 9.56. The summed E-state index contributed by atoms with van der Waals surface area (Å²) in [6, 6.07) is 12.8. The van der Waals surface area contributed by atoms with E-state index in [0.29, 0.717) is 22.3 Å². The molecule has 0 saturated heterocycles. The Labute approximate surface area is 115 Å². The van der Waals surface area contributed by atoms with Crippen LogP contribution < -0.4 is 11.5 Å². The van der Waals surface area contributed by atoms with Crippen molar-refractivity contribution in [1.82, 2.24) is 0 Å². The number of nitriles is 2. The second kappa shape index (κ2) is 5.13. The van der Waals surface area contributed by atoms with E-state index >= 15 is 0 Å². The fourth-order valence-electron chi connectivity index (χ4n) is 1.78. The van der Waals surface area contributed by atoms with Gasteiger partial charge in [0.05, 0.1) is 22.5 Å². The SMILES string of the molecule is N#Cc1ccc(C(=O)c2ccc(C#N)c(N)c2)cc1N. The topological polar surface area (TPSA) is 117 Å². The van der Waals surface area contributed by atoms with Crippen LogP contribution in [-0.2, 0) is 0 Å². The van der Waals surface area contributed by atoms with E-state index in [-0.39, 0.29) is 17.2 Å². The molecule has 0 amide bonds. The van der Waals surface area contributed by atoms with Gasteiger partial charge in [0.25, 0.3) is 0 Å². The highest BCUT2D eigenvalue weighted by atomic mass is 16.1. The van der Waals surface area contributed by atoms with E-state index in [2.05, 4.69) is 0 Å². The van der Waals surface area contributed by atoms with Gasteiger partial charge in [-0.25, -0.2) is 0 Å². The lowest BCUT2D eigenvalue weighted by Crippen LogP contribution is -2.04. The van der Waals surface area contributed by atoms with Gasteiger partial charge in [-0.15, -0.1) is 0 Å². The zero-order chi connectivity index (χ0) is 14.7. The van der Waals surface area contributed by atoms with Crippen molar-refractivity contribution in [2.75, 3.05) is 11.5 Å². The number of nitrogen functional groups attached to an aromatic ring is 2. The number of anilines is 2. The van der Waals surface area contributed by atoms with Crippen LogP contribution in [0.5, 0.6) is 0 Å². The molecule has 0 saturated carbocycles. The summed E-state index contributed by atoms with van der Waals surface area (Å²) >= 11 is 0. The molecule has 0 unspecified atom stereocenters. The van der Waals surface area contributed by atoms with Gasteiger partial charge in [-0.1, -0.05) is 0 Å². The third-order valence-electron chi connectivity index (χ3n) is 2.87. The molecule has 0 aromatic heterocycles. The Morgan fingerprint density at radius 2 is 1.25 bits per heavy atom. The molecule has 2 aromatic carbocycles. The minimum atomic E-state index is -0.266. The predicted molar refractivity (Wildman–Crippen MR) is 74.6 cm³/mol. The molecule has 0 heterocycles. The molecule has 0 fully saturated rings. The van der Waals surface area contributed by atoms with Crippen LogP contribution in [0.3, 0.4) is 0 Å². The Morgan fingerprint density at radius 1 is 0.850 bits per heavy atom. The van der Waals surface area contributed by atoms with Gasteiger partial charge < -0.3 is 11.5 Å². The van der Waals surface area contributed by atoms with Gasteiger partial charge in [-0.05, 0) is 36.4 Å². The van der Waals surface area contributed by atoms with Crippen molar-refractivity contribution >= 4 is 17.2 Å². The van der Waals surface area contributed by atoms with Gasteiger partial charge in [-0.2, -0.15) is 10.5 Å². The summed E-state index contributed by atoms with van der Waals surface area (Å²) < 4.78 is 0. The standard InChI is InChI=1S/C15H10N4O/c16-7-11-3-1-9(5-13(11)18)15(20)10-2-4-12(8-17)14(19)6-10/h1-6H,18-19H2. The molecule has 0 aliphatic heterocycles. The molecule has 5 nitrogen and oxygen atoms in total. The second-order valence-corrected chi connectivity index (χ2v) is 4.16. The first-order valence-electron chi connectivity index (χ1n) is 5.70. The highest BCUT2D eigenvalue weighted by Crippen LogP contribution is 2.19. The molecular formula is C15H10N4O. The normalized spacial score (nSPS) is 9.50. The summed E-state index contributed by atoms with van der Waals surface area (Å²) in [4.78, 5) is 12.3. The summed E-state index contributed by atoms with van der Waals surface area (Å²) in [5.41, 5.74) is 13.2. The van der Waals surface area contributed by atoms with Crippen LogP contribution in [0.25, 0.3) is 0 Å². The average Bonchev–Trinajstić information content (AvgIpc) is 2.46. The van der Waals surface area contributed by atoms with Gasteiger partial charge >= 0.3 is 0 Å². The van der Waals surface area contributed by atoms with Gasteiger partial charge in [0.2, 0.25) is 0 Å². The second-order valence-electron chi connectivity index (χ2n) is 4.16. The zero-order valence-electron chi connectivity index (χ0n) is 10.4. The van der Waals surface area contributed by atoms with E-state index in [0.717, 1.165) is 0 Å². The molecule has 4 N–H and O–H groups in total. The average molecular weight is 262 g/mol. The number of hydrogen-bond acceptors (Lipinski definition) is 5. The molecule has 0 radical (unpaired) electrons. The minimum Gasteiger partial charge on any atom is -0.398 e. The van der Waals surface area contributed by atoms with Crippen molar-refractivity contribution in [1.29, 1.82) is 10.5 Å². The van der Waals surface area contributed by atoms with E-state index in [1.54, 1.807) is 0 Å². The molecule has 96 valence electrons. The van der Waals surface area contributed by atoms with E-state index < -0.39 is 0 Å². The summed E-state index contributed by atoms with van der Waals surface area (Å²) in [5.74, 6) is -0.266. The van der Waals surface area contributed by atoms with Crippen molar-refractivity contribution in [2.45, 2.75) is 0 Å². The first-order valence-corrected chi connectivity index (χ1v) is 5.70. The van der Waals surface area contributed by atoms with Gasteiger partial charge in [-0.3, -0.25) is 4.79 Å². The van der Waals surface area contributed by atoms with Crippen LogP contribution in [-0.4, -0.2) is 5.78 Å². The monoisotopic (exact) mass is 262 g/mol. The lowest BCUT2D eigenvalue weighted by atomic mass is 9.99. The Balaban J connectivity index is 2.42. The molecular weight excluding hydrogens is 252 g/mol. The summed E-state index contributed by atoms with van der Waals surface area (Å²) in [7, 11) is 0. The van der Waals surface area contributed by atoms with Crippen molar-refractivity contribution in [3.8, 4) is 12.1 Å². The van der Waals surface area contributed by atoms with Crippen LogP contribution in [0.1, 0.15) is 27.0 Å². The summed E-state index contributed by atoms with van der Waals surface area (Å²) in [5, 5.41) is 17.6. The number of rotatable bonds is 2. The number of carbonyl (C=O) groups excluding carboxylic acids is 1. The third kappa shape index (κ3) is 2.29. The molecule has 5 heteroatoms. The number of ketones is 1. The van der Waals surface area contributed by atoms with Crippen molar-refractivity contribution in [2.24, 2.45) is 0 Å². The summed E-state index contributed by atoms with van der Waals surface area (Å²) in [6.07, 6.45) is 0. The quantitative estimate of drug-likeness (QED) is 0.632. The van der Waals surface area contributed by atoms with Crippen LogP contribution in [0, 0.1) is 22.7 Å². The Morgan fingerprint density at radius 3 is 1.55 bits per heavy atom. The highest BCUT2D eigenvalue weighted by Gasteiger charge is 2.12. The maximum absolute atomic E-state index is 12.3. The molecule has 0 atom stereocenters. The highest BCUT2D eigenvalue weighted by molar-refractivity contribution is 6.10. The Hall–Kier alpha value is -3.31. The van der Waals surface area contributed by atoms with Crippen LogP contribution in [0.2, 0.25) is 0 Å². The van der Waals surface area contributed by atoms with E-state index in [9.17, 15) is 4.79 Å². The number of nitrogens with zero attached hydrogens (tertiary/aromatic N) is 2. The van der Waals surface area contributed by atoms with Crippen LogP contribution >= 0.6 is 0 Å². The third-order valence-corrected chi connectivity index (χ3v) is 2.87. The zero-order valence-corrected chi connectivity index (χ0v) is 10.4. The molecule has 20 heavy (non-hydrogen) atoms. The van der Waals surface area contributed by atoms with E-state index in [1.807, 2.05) is 12.1 Å². The van der Waals surface area contributed by atoms with Crippen LogP contribution in [0.4, 0.5) is 11.4 Å². The maximum Gasteiger partial charge on any atom is 0.193 e. The maximum atomic E-state index is 12.3. The molecule has 0 spiro atoms. The predicted octanol–water partition coefficient (Wildman–Crippen LogP) is 1.83. The molecule has 0 aliphatic rings. The van der Waals surface area contributed by atoms with E-state index in [1.165, 1.54) is 36.4 Å². The lowest BCUT2D eigenvalue weighted by Gasteiger charge is -2.05.